The van der Waals surface area contributed by atoms with Crippen LogP contribution in [-0.4, -0.2) is 22.7 Å². The number of carbonyl (C=O) groups is 1. The van der Waals surface area contributed by atoms with Crippen LogP contribution < -0.4 is 0 Å². The van der Waals surface area contributed by atoms with Gasteiger partial charge in [0.1, 0.15) is 5.33 Å². The van der Waals surface area contributed by atoms with Gasteiger partial charge in [-0.25, -0.2) is 0 Å². The molecular weight excluding hydrogens is 284 g/mol. The molecule has 0 bridgehead atoms. The van der Waals surface area contributed by atoms with E-state index in [2.05, 4.69) is 22.9 Å². The van der Waals surface area contributed by atoms with Crippen LogP contribution in [0.15, 0.2) is 0 Å². The Kier molecular flexibility index (Phi) is 12.3. The molecule has 0 spiro atoms. The van der Waals surface area contributed by atoms with Gasteiger partial charge in [-0.2, -0.15) is 0 Å². The van der Waals surface area contributed by atoms with Gasteiger partial charge in [-0.05, 0) is 6.42 Å². The first kappa shape index (κ1) is 16.9. The van der Waals surface area contributed by atoms with E-state index in [0.717, 1.165) is 12.8 Å². The Bertz CT molecular complexity index is 186. The summed E-state index contributed by atoms with van der Waals surface area (Å²) in [6.07, 6.45) is 9.40. The number of halogens is 1. The molecule has 1 N–H and O–H groups in total. The third-order valence-corrected chi connectivity index (χ3v) is 3.14. The minimum absolute atomic E-state index is 0.140. The van der Waals surface area contributed by atoms with Crippen molar-refractivity contribution in [1.82, 2.24) is 0 Å². The van der Waals surface area contributed by atoms with Crippen molar-refractivity contribution in [3.8, 4) is 0 Å². The molecule has 4 heteroatoms. The molecule has 1 unspecified atom stereocenters. The Morgan fingerprint density at radius 1 is 1.12 bits per heavy atom. The molecule has 0 heterocycles. The fraction of sp³-hybridized carbons (Fsp3) is 0.923. The number of hydrogen-bond donors (Lipinski definition) is 1. The quantitative estimate of drug-likeness (QED) is 0.273. The third-order valence-electron chi connectivity index (χ3n) is 2.68. The van der Waals surface area contributed by atoms with E-state index in [1.807, 2.05) is 0 Å². The number of carbonyl (C=O) groups excluding carboxylic acids is 1. The van der Waals surface area contributed by atoms with Crippen molar-refractivity contribution in [2.45, 2.75) is 71.0 Å². The molecular formula is C13H25BrO3. The Balaban J connectivity index is 3.19. The molecule has 0 radical (unpaired) electrons. The maximum absolute atomic E-state index is 10.8. The van der Waals surface area contributed by atoms with E-state index in [4.69, 9.17) is 4.74 Å². The summed E-state index contributed by atoms with van der Waals surface area (Å²) in [5.41, 5.74) is 0. The molecule has 102 valence electrons. The van der Waals surface area contributed by atoms with E-state index in [0.29, 0.717) is 6.42 Å². The molecule has 0 saturated carbocycles. The molecule has 0 aliphatic heterocycles. The zero-order valence-electron chi connectivity index (χ0n) is 10.8. The van der Waals surface area contributed by atoms with Gasteiger partial charge in [0, 0.05) is 6.42 Å². The van der Waals surface area contributed by atoms with Gasteiger partial charge in [-0.1, -0.05) is 67.8 Å². The number of esters is 1. The van der Waals surface area contributed by atoms with Crippen molar-refractivity contribution in [1.29, 1.82) is 0 Å². The van der Waals surface area contributed by atoms with Gasteiger partial charge in [-0.3, -0.25) is 4.79 Å². The second kappa shape index (κ2) is 12.4. The lowest BCUT2D eigenvalue weighted by molar-refractivity contribution is -0.165. The number of hydrogen-bond acceptors (Lipinski definition) is 3. The Morgan fingerprint density at radius 2 is 1.65 bits per heavy atom. The lowest BCUT2D eigenvalue weighted by Gasteiger charge is -2.10. The first-order valence-corrected chi connectivity index (χ1v) is 7.76. The SMILES string of the molecule is CCCCCCCCCCC(O)OC(=O)CBr. The molecule has 0 rings (SSSR count). The van der Waals surface area contributed by atoms with Gasteiger partial charge in [0.2, 0.25) is 6.29 Å². The van der Waals surface area contributed by atoms with Crippen LogP contribution in [-0.2, 0) is 9.53 Å². The maximum atomic E-state index is 10.8. The first-order valence-electron chi connectivity index (χ1n) is 6.64. The Labute approximate surface area is 113 Å². The van der Waals surface area contributed by atoms with Gasteiger partial charge in [0.25, 0.3) is 0 Å². The van der Waals surface area contributed by atoms with Crippen molar-refractivity contribution in [3.63, 3.8) is 0 Å². The highest BCUT2D eigenvalue weighted by Crippen LogP contribution is 2.11. The van der Waals surface area contributed by atoms with Crippen LogP contribution in [0.1, 0.15) is 64.7 Å². The normalized spacial score (nSPS) is 12.4. The molecule has 0 saturated heterocycles. The summed E-state index contributed by atoms with van der Waals surface area (Å²) in [4.78, 5) is 10.8. The molecule has 0 aliphatic carbocycles. The van der Waals surface area contributed by atoms with Gasteiger partial charge in [0.15, 0.2) is 0 Å². The second-order valence-electron chi connectivity index (χ2n) is 4.34. The molecule has 0 aromatic rings. The summed E-state index contributed by atoms with van der Waals surface area (Å²) in [6, 6.07) is 0. The number of unbranched alkanes of at least 4 members (excludes halogenated alkanes) is 7. The lowest BCUT2D eigenvalue weighted by atomic mass is 10.1. The largest absolute Gasteiger partial charge is 0.435 e. The molecule has 0 aromatic carbocycles. The standard InChI is InChI=1S/C13H25BrO3/c1-2-3-4-5-6-7-8-9-10-12(15)17-13(16)11-14/h12,15H,2-11H2,1H3. The monoisotopic (exact) mass is 308 g/mol. The van der Waals surface area contributed by atoms with Gasteiger partial charge >= 0.3 is 5.97 Å². The minimum Gasteiger partial charge on any atom is -0.435 e. The Morgan fingerprint density at radius 3 is 2.18 bits per heavy atom. The summed E-state index contributed by atoms with van der Waals surface area (Å²) in [7, 11) is 0. The molecule has 0 amide bonds. The third kappa shape index (κ3) is 12.2. The predicted molar refractivity (Wildman–Crippen MR) is 73.1 cm³/mol. The zero-order valence-corrected chi connectivity index (χ0v) is 12.4. The summed E-state index contributed by atoms with van der Waals surface area (Å²) >= 11 is 2.98. The van der Waals surface area contributed by atoms with Crippen LogP contribution in [0.25, 0.3) is 0 Å². The molecule has 0 aromatic heterocycles. The highest BCUT2D eigenvalue weighted by Gasteiger charge is 2.08. The van der Waals surface area contributed by atoms with Gasteiger partial charge in [-0.15, -0.1) is 0 Å². The lowest BCUT2D eigenvalue weighted by Crippen LogP contribution is -2.18. The van der Waals surface area contributed by atoms with Crippen LogP contribution in [0.4, 0.5) is 0 Å². The van der Waals surface area contributed by atoms with Crippen LogP contribution in [0.5, 0.6) is 0 Å². The summed E-state index contributed by atoms with van der Waals surface area (Å²) in [5, 5.41) is 9.50. The zero-order chi connectivity index (χ0) is 12.9. The summed E-state index contributed by atoms with van der Waals surface area (Å²) in [5.74, 6) is -0.405. The van der Waals surface area contributed by atoms with Gasteiger partial charge < -0.3 is 9.84 Å². The highest BCUT2D eigenvalue weighted by atomic mass is 79.9. The highest BCUT2D eigenvalue weighted by molar-refractivity contribution is 9.09. The van der Waals surface area contributed by atoms with E-state index in [9.17, 15) is 9.90 Å². The van der Waals surface area contributed by atoms with Crippen LogP contribution >= 0.6 is 15.9 Å². The number of ether oxygens (including phenoxy) is 1. The Hall–Kier alpha value is -0.0900. The predicted octanol–water partition coefficient (Wildman–Crippen LogP) is 3.77. The van der Waals surface area contributed by atoms with Crippen molar-refractivity contribution >= 4 is 21.9 Å². The number of aliphatic hydroxyl groups excluding tert-OH is 1. The fourth-order valence-electron chi connectivity index (χ4n) is 1.69. The van der Waals surface area contributed by atoms with Crippen molar-refractivity contribution in [3.05, 3.63) is 0 Å². The maximum Gasteiger partial charge on any atom is 0.318 e. The minimum atomic E-state index is -0.930. The van der Waals surface area contributed by atoms with E-state index >= 15 is 0 Å². The van der Waals surface area contributed by atoms with E-state index in [1.165, 1.54) is 38.5 Å². The molecule has 1 atom stereocenters. The fourth-order valence-corrected chi connectivity index (χ4v) is 1.83. The van der Waals surface area contributed by atoms with E-state index in [-0.39, 0.29) is 5.33 Å². The van der Waals surface area contributed by atoms with E-state index < -0.39 is 12.3 Å². The smallest absolute Gasteiger partial charge is 0.318 e. The molecule has 0 aliphatic rings. The van der Waals surface area contributed by atoms with Crippen LogP contribution in [0, 0.1) is 0 Å². The number of alkyl halides is 1. The number of rotatable bonds is 11. The van der Waals surface area contributed by atoms with Crippen molar-refractivity contribution in [2.24, 2.45) is 0 Å². The average molecular weight is 309 g/mol. The molecule has 0 fully saturated rings. The average Bonchev–Trinajstić information content (AvgIpc) is 2.32. The molecule has 17 heavy (non-hydrogen) atoms. The van der Waals surface area contributed by atoms with E-state index in [1.54, 1.807) is 0 Å². The summed E-state index contributed by atoms with van der Waals surface area (Å²) < 4.78 is 4.73. The second-order valence-corrected chi connectivity index (χ2v) is 4.90. The topological polar surface area (TPSA) is 46.5 Å². The first-order chi connectivity index (χ1) is 8.20. The van der Waals surface area contributed by atoms with Crippen molar-refractivity contribution in [2.75, 3.05) is 5.33 Å². The van der Waals surface area contributed by atoms with Crippen molar-refractivity contribution < 1.29 is 14.6 Å². The number of aliphatic hydroxyl groups is 1. The van der Waals surface area contributed by atoms with Crippen LogP contribution in [0.3, 0.4) is 0 Å². The van der Waals surface area contributed by atoms with Crippen LogP contribution in [0.2, 0.25) is 0 Å². The summed E-state index contributed by atoms with van der Waals surface area (Å²) in [6.45, 7) is 2.22. The van der Waals surface area contributed by atoms with Gasteiger partial charge in [0.05, 0.1) is 0 Å². The molecule has 3 nitrogen and oxygen atoms in total.